The Labute approximate surface area is 121 Å². The number of esters is 1. The molecule has 1 fully saturated rings. The first-order valence-electron chi connectivity index (χ1n) is 5.81. The molecule has 19 heavy (non-hydrogen) atoms. The van der Waals surface area contributed by atoms with Gasteiger partial charge in [0.2, 0.25) is 5.91 Å². The zero-order chi connectivity index (χ0) is 14.0. The average molecular weight is 302 g/mol. The number of nitrogens with one attached hydrogen (secondary N) is 1. The Morgan fingerprint density at radius 3 is 2.42 bits per heavy atom. The second kappa shape index (κ2) is 5.39. The van der Waals surface area contributed by atoms with Gasteiger partial charge in [0.1, 0.15) is 4.33 Å². The van der Waals surface area contributed by atoms with Gasteiger partial charge in [-0.15, -0.1) is 23.2 Å². The molecule has 102 valence electrons. The van der Waals surface area contributed by atoms with Crippen LogP contribution in [0.25, 0.3) is 0 Å². The Morgan fingerprint density at radius 2 is 1.95 bits per heavy atom. The van der Waals surface area contributed by atoms with Gasteiger partial charge >= 0.3 is 5.97 Å². The molecule has 1 amide bonds. The van der Waals surface area contributed by atoms with E-state index in [1.807, 2.05) is 0 Å². The molecule has 0 aliphatic heterocycles. The first-order chi connectivity index (χ1) is 8.88. The van der Waals surface area contributed by atoms with Gasteiger partial charge in [-0.2, -0.15) is 0 Å². The number of hydrogen-bond acceptors (Lipinski definition) is 3. The van der Waals surface area contributed by atoms with Gasteiger partial charge in [0.05, 0.1) is 12.2 Å². The Bertz CT molecular complexity index is 499. The van der Waals surface area contributed by atoms with E-state index < -0.39 is 10.3 Å². The summed E-state index contributed by atoms with van der Waals surface area (Å²) in [5.41, 5.74) is 1.05. The Balaban J connectivity index is 1.87. The predicted octanol–water partition coefficient (Wildman–Crippen LogP) is 3.00. The van der Waals surface area contributed by atoms with Crippen LogP contribution >= 0.6 is 23.2 Å². The highest BCUT2D eigenvalue weighted by Gasteiger charge is 2.52. The quantitative estimate of drug-likeness (QED) is 0.687. The lowest BCUT2D eigenvalue weighted by atomic mass is 10.2. The van der Waals surface area contributed by atoms with Crippen molar-refractivity contribution in [3.8, 4) is 0 Å². The van der Waals surface area contributed by atoms with Crippen molar-refractivity contribution in [2.75, 3.05) is 11.9 Å². The SMILES string of the molecule is CC(=O)Nc1ccc(C(=O)OC[C@@H]2CC2(Cl)Cl)cc1. The van der Waals surface area contributed by atoms with Crippen LogP contribution in [0.3, 0.4) is 0 Å². The predicted molar refractivity (Wildman–Crippen MR) is 73.6 cm³/mol. The Kier molecular flexibility index (Phi) is 4.02. The largest absolute Gasteiger partial charge is 0.462 e. The molecular formula is C13H13Cl2NO3. The molecule has 0 heterocycles. The van der Waals surface area contributed by atoms with Gasteiger partial charge in [0, 0.05) is 18.5 Å². The normalized spacial score (nSPS) is 19.6. The second-order valence-electron chi connectivity index (χ2n) is 4.52. The summed E-state index contributed by atoms with van der Waals surface area (Å²) in [7, 11) is 0. The van der Waals surface area contributed by atoms with Crippen molar-refractivity contribution in [1.29, 1.82) is 0 Å². The molecule has 0 aromatic heterocycles. The van der Waals surface area contributed by atoms with Crippen LogP contribution in [0.5, 0.6) is 0 Å². The van der Waals surface area contributed by atoms with Gasteiger partial charge < -0.3 is 10.1 Å². The molecule has 4 nitrogen and oxygen atoms in total. The van der Waals surface area contributed by atoms with E-state index >= 15 is 0 Å². The van der Waals surface area contributed by atoms with Gasteiger partial charge in [-0.3, -0.25) is 4.79 Å². The summed E-state index contributed by atoms with van der Waals surface area (Å²) in [5.74, 6) is -0.575. The Morgan fingerprint density at radius 1 is 1.37 bits per heavy atom. The van der Waals surface area contributed by atoms with Gasteiger partial charge in [-0.25, -0.2) is 4.79 Å². The van der Waals surface area contributed by atoms with Crippen LogP contribution in [0.2, 0.25) is 0 Å². The van der Waals surface area contributed by atoms with Gasteiger partial charge in [0.15, 0.2) is 0 Å². The van der Waals surface area contributed by atoms with Crippen molar-refractivity contribution in [1.82, 2.24) is 0 Å². The molecule has 1 aromatic carbocycles. The third kappa shape index (κ3) is 3.85. The number of carbonyl (C=O) groups excluding carboxylic acids is 2. The first-order valence-corrected chi connectivity index (χ1v) is 6.57. The van der Waals surface area contributed by atoms with Crippen molar-refractivity contribution in [2.24, 2.45) is 5.92 Å². The number of ether oxygens (including phenoxy) is 1. The Hall–Kier alpha value is -1.26. The van der Waals surface area contributed by atoms with Crippen LogP contribution in [0.1, 0.15) is 23.7 Å². The molecule has 0 radical (unpaired) electrons. The van der Waals surface area contributed by atoms with Crippen LogP contribution in [0.4, 0.5) is 5.69 Å². The minimum absolute atomic E-state index is 0.0124. The maximum atomic E-state index is 11.7. The second-order valence-corrected chi connectivity index (χ2v) is 6.06. The molecule has 1 saturated carbocycles. The minimum atomic E-state index is -0.741. The number of benzene rings is 1. The molecule has 1 aromatic rings. The van der Waals surface area contributed by atoms with E-state index in [9.17, 15) is 9.59 Å². The summed E-state index contributed by atoms with van der Waals surface area (Å²) in [6.45, 7) is 1.64. The first kappa shape index (κ1) is 14.2. The summed E-state index contributed by atoms with van der Waals surface area (Å²) >= 11 is 11.7. The third-order valence-electron chi connectivity index (χ3n) is 2.81. The zero-order valence-corrected chi connectivity index (χ0v) is 11.8. The lowest BCUT2D eigenvalue weighted by molar-refractivity contribution is -0.114. The lowest BCUT2D eigenvalue weighted by Crippen LogP contribution is -2.10. The minimum Gasteiger partial charge on any atom is -0.462 e. The number of amides is 1. The summed E-state index contributed by atoms with van der Waals surface area (Å²) in [6, 6.07) is 6.47. The van der Waals surface area contributed by atoms with Crippen LogP contribution in [0.15, 0.2) is 24.3 Å². The summed E-state index contributed by atoms with van der Waals surface area (Å²) in [5, 5.41) is 2.62. The number of carbonyl (C=O) groups is 2. The fourth-order valence-electron chi connectivity index (χ4n) is 1.60. The molecule has 0 saturated heterocycles. The third-order valence-corrected chi connectivity index (χ3v) is 3.74. The van der Waals surface area contributed by atoms with Crippen LogP contribution in [-0.4, -0.2) is 22.8 Å². The molecule has 2 rings (SSSR count). The van der Waals surface area contributed by atoms with Gasteiger partial charge in [0.25, 0.3) is 0 Å². The van der Waals surface area contributed by atoms with E-state index in [0.717, 1.165) is 0 Å². The van der Waals surface area contributed by atoms with Crippen molar-refractivity contribution < 1.29 is 14.3 Å². The number of rotatable bonds is 4. The number of hydrogen-bond donors (Lipinski definition) is 1. The molecule has 1 aliphatic rings. The van der Waals surface area contributed by atoms with E-state index in [0.29, 0.717) is 17.7 Å². The van der Waals surface area contributed by atoms with E-state index in [-0.39, 0.29) is 18.4 Å². The van der Waals surface area contributed by atoms with Crippen LogP contribution < -0.4 is 5.32 Å². The van der Waals surface area contributed by atoms with Gasteiger partial charge in [-0.05, 0) is 30.7 Å². The molecule has 0 unspecified atom stereocenters. The fourth-order valence-corrected chi connectivity index (χ4v) is 2.10. The number of alkyl halides is 2. The zero-order valence-electron chi connectivity index (χ0n) is 10.3. The maximum Gasteiger partial charge on any atom is 0.338 e. The van der Waals surface area contributed by atoms with Crippen molar-refractivity contribution >= 4 is 40.8 Å². The lowest BCUT2D eigenvalue weighted by Gasteiger charge is -2.06. The average Bonchev–Trinajstić information content (AvgIpc) is 2.94. The fraction of sp³-hybridized carbons (Fsp3) is 0.385. The molecule has 0 spiro atoms. The molecule has 1 N–H and O–H groups in total. The highest BCUT2D eigenvalue weighted by Crippen LogP contribution is 2.53. The van der Waals surface area contributed by atoms with E-state index in [2.05, 4.69) is 5.32 Å². The summed E-state index contributed by atoms with van der Waals surface area (Å²) in [4.78, 5) is 22.6. The summed E-state index contributed by atoms with van der Waals surface area (Å²) < 4.78 is 4.37. The smallest absolute Gasteiger partial charge is 0.338 e. The topological polar surface area (TPSA) is 55.4 Å². The molecule has 6 heteroatoms. The monoisotopic (exact) mass is 301 g/mol. The standard InChI is InChI=1S/C13H13Cl2NO3/c1-8(17)16-11-4-2-9(3-5-11)12(18)19-7-10-6-13(10,14)15/h2-5,10H,6-7H2,1H3,(H,16,17)/t10-/m0/s1. The number of anilines is 1. The van der Waals surface area contributed by atoms with E-state index in [1.165, 1.54) is 6.92 Å². The van der Waals surface area contributed by atoms with Crippen LogP contribution in [-0.2, 0) is 9.53 Å². The highest BCUT2D eigenvalue weighted by molar-refractivity contribution is 6.50. The van der Waals surface area contributed by atoms with Crippen LogP contribution in [0, 0.1) is 5.92 Å². The summed E-state index contributed by atoms with van der Waals surface area (Å²) in [6.07, 6.45) is 0.644. The van der Waals surface area contributed by atoms with Crippen molar-refractivity contribution in [2.45, 2.75) is 17.7 Å². The van der Waals surface area contributed by atoms with E-state index in [1.54, 1.807) is 24.3 Å². The van der Waals surface area contributed by atoms with Crippen molar-refractivity contribution in [3.63, 3.8) is 0 Å². The molecule has 1 aliphatic carbocycles. The molecule has 0 bridgehead atoms. The maximum absolute atomic E-state index is 11.7. The highest BCUT2D eigenvalue weighted by atomic mass is 35.5. The van der Waals surface area contributed by atoms with Crippen molar-refractivity contribution in [3.05, 3.63) is 29.8 Å². The molecular weight excluding hydrogens is 289 g/mol. The molecule has 1 atom stereocenters. The van der Waals surface area contributed by atoms with E-state index in [4.69, 9.17) is 27.9 Å². The number of halogens is 2. The van der Waals surface area contributed by atoms with Gasteiger partial charge in [-0.1, -0.05) is 0 Å².